The Bertz CT molecular complexity index is 254. The highest BCUT2D eigenvalue weighted by Gasteiger charge is 2.18. The third-order valence-electron chi connectivity index (χ3n) is 2.27. The van der Waals surface area contributed by atoms with Crippen molar-refractivity contribution < 1.29 is 14.7 Å². The van der Waals surface area contributed by atoms with Gasteiger partial charge in [-0.05, 0) is 12.8 Å². The molecule has 4 N–H and O–H groups in total. The topological polar surface area (TPSA) is 92.4 Å². The summed E-state index contributed by atoms with van der Waals surface area (Å²) in [6.45, 7) is 5.52. The van der Waals surface area contributed by atoms with E-state index in [0.29, 0.717) is 12.8 Å². The maximum Gasteiger partial charge on any atom is 0.308 e. The third kappa shape index (κ3) is 5.50. The maximum absolute atomic E-state index is 11.4. The van der Waals surface area contributed by atoms with Crippen LogP contribution in [0.25, 0.3) is 0 Å². The van der Waals surface area contributed by atoms with Crippen LogP contribution in [0.15, 0.2) is 12.7 Å². The zero-order chi connectivity index (χ0) is 12.6. The number of carbonyl (C=O) groups is 2. The van der Waals surface area contributed by atoms with Gasteiger partial charge in [-0.1, -0.05) is 19.4 Å². The molecule has 0 aromatic rings. The molecule has 0 rings (SSSR count). The molecule has 0 aliphatic carbocycles. The summed E-state index contributed by atoms with van der Waals surface area (Å²) in [6, 6.07) is -0.645. The molecular weight excluding hydrogens is 208 g/mol. The Labute approximate surface area is 95.7 Å². The Morgan fingerprint density at radius 3 is 2.62 bits per heavy atom. The van der Waals surface area contributed by atoms with Crippen molar-refractivity contribution in [1.82, 2.24) is 5.32 Å². The van der Waals surface area contributed by atoms with Crippen molar-refractivity contribution in [1.29, 1.82) is 0 Å². The van der Waals surface area contributed by atoms with E-state index in [-0.39, 0.29) is 12.5 Å². The Balaban J connectivity index is 4.04. The second-order valence-corrected chi connectivity index (χ2v) is 3.70. The molecule has 0 saturated heterocycles. The van der Waals surface area contributed by atoms with Crippen molar-refractivity contribution in [3.8, 4) is 0 Å². The van der Waals surface area contributed by atoms with E-state index in [9.17, 15) is 9.59 Å². The van der Waals surface area contributed by atoms with Crippen molar-refractivity contribution >= 4 is 11.9 Å². The standard InChI is InChI=1S/C11H20N2O3/c1-3-5-8(11(15)16)7-13-10(14)9(12)6-4-2/h4,8-9H,2-3,5-7,12H2,1H3,(H,13,14)(H,15,16). The van der Waals surface area contributed by atoms with Gasteiger partial charge in [-0.25, -0.2) is 0 Å². The van der Waals surface area contributed by atoms with Gasteiger partial charge in [0.25, 0.3) is 0 Å². The number of carboxylic acid groups (broad SMARTS) is 1. The van der Waals surface area contributed by atoms with Crippen molar-refractivity contribution in [2.75, 3.05) is 6.54 Å². The summed E-state index contributed by atoms with van der Waals surface area (Å²) in [5, 5.41) is 11.4. The summed E-state index contributed by atoms with van der Waals surface area (Å²) in [5.41, 5.74) is 5.53. The molecule has 1 amide bonds. The van der Waals surface area contributed by atoms with Crippen molar-refractivity contribution in [3.05, 3.63) is 12.7 Å². The largest absolute Gasteiger partial charge is 0.481 e. The summed E-state index contributed by atoms with van der Waals surface area (Å²) in [6.07, 6.45) is 3.26. The van der Waals surface area contributed by atoms with Crippen molar-refractivity contribution in [2.24, 2.45) is 11.7 Å². The van der Waals surface area contributed by atoms with E-state index >= 15 is 0 Å². The Hall–Kier alpha value is -1.36. The number of carboxylic acids is 1. The lowest BCUT2D eigenvalue weighted by Gasteiger charge is -2.14. The minimum Gasteiger partial charge on any atom is -0.481 e. The van der Waals surface area contributed by atoms with E-state index < -0.39 is 17.9 Å². The molecule has 0 radical (unpaired) electrons. The first-order chi connectivity index (χ1) is 7.52. The molecule has 0 aromatic heterocycles. The van der Waals surface area contributed by atoms with Gasteiger partial charge in [-0.2, -0.15) is 0 Å². The lowest BCUT2D eigenvalue weighted by Crippen LogP contribution is -2.43. The average Bonchev–Trinajstić information content (AvgIpc) is 2.23. The molecule has 5 nitrogen and oxygen atoms in total. The van der Waals surface area contributed by atoms with Gasteiger partial charge in [-0.15, -0.1) is 6.58 Å². The van der Waals surface area contributed by atoms with Crippen molar-refractivity contribution in [2.45, 2.75) is 32.2 Å². The number of nitrogens with one attached hydrogen (secondary N) is 1. The number of amides is 1. The molecule has 0 fully saturated rings. The van der Waals surface area contributed by atoms with Crippen LogP contribution in [0, 0.1) is 5.92 Å². The van der Waals surface area contributed by atoms with E-state index in [1.54, 1.807) is 6.08 Å². The monoisotopic (exact) mass is 228 g/mol. The van der Waals surface area contributed by atoms with E-state index in [0.717, 1.165) is 6.42 Å². The lowest BCUT2D eigenvalue weighted by molar-refractivity contribution is -0.142. The molecule has 92 valence electrons. The van der Waals surface area contributed by atoms with Crippen LogP contribution < -0.4 is 11.1 Å². The first kappa shape index (κ1) is 14.6. The summed E-state index contributed by atoms with van der Waals surface area (Å²) in [7, 11) is 0. The molecule has 0 heterocycles. The highest BCUT2D eigenvalue weighted by atomic mass is 16.4. The number of aliphatic carboxylic acids is 1. The first-order valence-corrected chi connectivity index (χ1v) is 5.39. The smallest absolute Gasteiger partial charge is 0.308 e. The quantitative estimate of drug-likeness (QED) is 0.528. The zero-order valence-electron chi connectivity index (χ0n) is 9.61. The summed E-state index contributed by atoms with van der Waals surface area (Å²) < 4.78 is 0. The zero-order valence-corrected chi connectivity index (χ0v) is 9.61. The fourth-order valence-electron chi connectivity index (χ4n) is 1.30. The van der Waals surface area contributed by atoms with Crippen LogP contribution >= 0.6 is 0 Å². The molecule has 2 unspecified atom stereocenters. The van der Waals surface area contributed by atoms with Crippen LogP contribution in [-0.4, -0.2) is 29.6 Å². The molecule has 0 aromatic carbocycles. The summed E-state index contributed by atoms with van der Waals surface area (Å²) in [4.78, 5) is 22.2. The van der Waals surface area contributed by atoms with Gasteiger partial charge in [0, 0.05) is 6.54 Å². The molecule has 5 heteroatoms. The molecule has 0 bridgehead atoms. The van der Waals surface area contributed by atoms with Gasteiger partial charge in [0.1, 0.15) is 0 Å². The maximum atomic E-state index is 11.4. The van der Waals surface area contributed by atoms with Crippen LogP contribution in [-0.2, 0) is 9.59 Å². The highest BCUT2D eigenvalue weighted by molar-refractivity contribution is 5.82. The van der Waals surface area contributed by atoms with Gasteiger partial charge in [0.2, 0.25) is 5.91 Å². The predicted molar refractivity (Wildman–Crippen MR) is 61.8 cm³/mol. The van der Waals surface area contributed by atoms with E-state index in [1.807, 2.05) is 6.92 Å². The van der Waals surface area contributed by atoms with Crippen LogP contribution in [0.4, 0.5) is 0 Å². The SMILES string of the molecule is C=CCC(N)C(=O)NCC(CCC)C(=O)O. The molecular formula is C11H20N2O3. The Morgan fingerprint density at radius 1 is 1.56 bits per heavy atom. The molecule has 0 saturated carbocycles. The average molecular weight is 228 g/mol. The molecule has 0 spiro atoms. The van der Waals surface area contributed by atoms with Crippen molar-refractivity contribution in [3.63, 3.8) is 0 Å². The molecule has 0 aliphatic heterocycles. The van der Waals surface area contributed by atoms with Crippen LogP contribution in [0.2, 0.25) is 0 Å². The number of carbonyl (C=O) groups excluding carboxylic acids is 1. The second kappa shape index (κ2) is 7.87. The van der Waals surface area contributed by atoms with E-state index in [2.05, 4.69) is 11.9 Å². The van der Waals surface area contributed by atoms with Gasteiger partial charge in [0.05, 0.1) is 12.0 Å². The lowest BCUT2D eigenvalue weighted by atomic mass is 10.0. The number of hydrogen-bond acceptors (Lipinski definition) is 3. The van der Waals surface area contributed by atoms with Gasteiger partial charge in [0.15, 0.2) is 0 Å². The van der Waals surface area contributed by atoms with Gasteiger partial charge in [-0.3, -0.25) is 9.59 Å². The van der Waals surface area contributed by atoms with Gasteiger partial charge < -0.3 is 16.2 Å². The summed E-state index contributed by atoms with van der Waals surface area (Å²) in [5.74, 6) is -1.76. The van der Waals surface area contributed by atoms with E-state index in [1.165, 1.54) is 0 Å². The normalized spacial score (nSPS) is 13.9. The Kier molecular flexibility index (Phi) is 7.20. The first-order valence-electron chi connectivity index (χ1n) is 5.39. The number of nitrogens with two attached hydrogens (primary N) is 1. The van der Waals surface area contributed by atoms with Crippen LogP contribution in [0.1, 0.15) is 26.2 Å². The number of hydrogen-bond donors (Lipinski definition) is 3. The van der Waals surface area contributed by atoms with Crippen LogP contribution in [0.5, 0.6) is 0 Å². The second-order valence-electron chi connectivity index (χ2n) is 3.70. The molecule has 16 heavy (non-hydrogen) atoms. The molecule has 0 aliphatic rings. The van der Waals surface area contributed by atoms with Gasteiger partial charge >= 0.3 is 5.97 Å². The van der Waals surface area contributed by atoms with Crippen LogP contribution in [0.3, 0.4) is 0 Å². The Morgan fingerprint density at radius 2 is 2.19 bits per heavy atom. The predicted octanol–water partition coefficient (Wildman–Crippen LogP) is 0.507. The fraction of sp³-hybridized carbons (Fsp3) is 0.636. The summed E-state index contributed by atoms with van der Waals surface area (Å²) >= 11 is 0. The highest BCUT2D eigenvalue weighted by Crippen LogP contribution is 2.05. The third-order valence-corrected chi connectivity index (χ3v) is 2.27. The number of rotatable bonds is 8. The minimum atomic E-state index is -0.889. The fourth-order valence-corrected chi connectivity index (χ4v) is 1.30. The van der Waals surface area contributed by atoms with E-state index in [4.69, 9.17) is 10.8 Å². The minimum absolute atomic E-state index is 0.132. The molecule has 2 atom stereocenters.